The van der Waals surface area contributed by atoms with Gasteiger partial charge in [-0.2, -0.15) is 0 Å². The molecule has 0 saturated carbocycles. The van der Waals surface area contributed by atoms with E-state index in [2.05, 4.69) is 23.6 Å². The van der Waals surface area contributed by atoms with Gasteiger partial charge in [-0.3, -0.25) is 14.8 Å². The van der Waals surface area contributed by atoms with Crippen LogP contribution in [0.1, 0.15) is 53.4 Å². The molecule has 0 saturated heterocycles. The molecule has 0 radical (unpaired) electrons. The summed E-state index contributed by atoms with van der Waals surface area (Å²) in [4.78, 5) is 20.6. The summed E-state index contributed by atoms with van der Waals surface area (Å²) in [5.74, 6) is 0.442. The molecule has 0 aliphatic heterocycles. The van der Waals surface area contributed by atoms with Crippen molar-refractivity contribution in [3.63, 3.8) is 0 Å². The van der Waals surface area contributed by atoms with Crippen molar-refractivity contribution in [3.8, 4) is 0 Å². The molecule has 21 heavy (non-hydrogen) atoms. The van der Waals surface area contributed by atoms with Crippen LogP contribution < -0.4 is 5.73 Å². The number of amidine groups is 1. The number of Topliss-reactive ketones (excluding diaryl/α,β-unsaturated/α-hetero) is 1. The first-order chi connectivity index (χ1) is 9.94. The van der Waals surface area contributed by atoms with Crippen LogP contribution in [0, 0.1) is 5.92 Å². The topological polar surface area (TPSA) is 67.8 Å². The minimum Gasteiger partial charge on any atom is -0.384 e. The van der Waals surface area contributed by atoms with E-state index in [-0.39, 0.29) is 11.7 Å². The maximum absolute atomic E-state index is 12.6. The number of unbranched alkanes of at least 4 members (excludes halogenated alkanes) is 2. The van der Waals surface area contributed by atoms with E-state index in [1.54, 1.807) is 7.05 Å². The van der Waals surface area contributed by atoms with Crippen LogP contribution in [0.4, 0.5) is 0 Å². The number of ketones is 1. The number of aliphatic imine (C=N–C) groups is 2. The summed E-state index contributed by atoms with van der Waals surface area (Å²) in [5, 5.41) is 0. The maximum Gasteiger partial charge on any atom is 0.167 e. The Morgan fingerprint density at radius 3 is 2.43 bits per heavy atom. The van der Waals surface area contributed by atoms with Crippen molar-refractivity contribution in [3.05, 3.63) is 22.9 Å². The lowest BCUT2D eigenvalue weighted by Crippen LogP contribution is -2.19. The van der Waals surface area contributed by atoms with E-state index >= 15 is 0 Å². The van der Waals surface area contributed by atoms with E-state index in [1.165, 1.54) is 0 Å². The number of rotatable bonds is 9. The molecule has 0 rings (SSSR count). The van der Waals surface area contributed by atoms with Crippen LogP contribution in [-0.4, -0.2) is 25.4 Å². The van der Waals surface area contributed by atoms with Crippen molar-refractivity contribution in [1.82, 2.24) is 0 Å². The summed E-state index contributed by atoms with van der Waals surface area (Å²) in [5.41, 5.74) is 7.74. The molecular formula is C17H29N3O. The largest absolute Gasteiger partial charge is 0.384 e. The fraction of sp³-hybridized carbons (Fsp3) is 0.588. The molecule has 118 valence electrons. The Labute approximate surface area is 128 Å². The molecule has 0 spiro atoms. The van der Waals surface area contributed by atoms with Crippen LogP contribution in [0.3, 0.4) is 0 Å². The molecule has 0 aromatic rings. The number of nitrogens with zero attached hydrogens (tertiary/aromatic N) is 2. The van der Waals surface area contributed by atoms with Crippen molar-refractivity contribution in [2.75, 3.05) is 7.05 Å². The van der Waals surface area contributed by atoms with Gasteiger partial charge in [-0.05, 0) is 26.5 Å². The van der Waals surface area contributed by atoms with Crippen molar-refractivity contribution >= 4 is 18.3 Å². The Bertz CT molecular complexity index is 459. The highest BCUT2D eigenvalue weighted by Crippen LogP contribution is 2.23. The zero-order chi connectivity index (χ0) is 16.4. The molecule has 0 aliphatic carbocycles. The molecule has 0 heterocycles. The summed E-state index contributed by atoms with van der Waals surface area (Å²) in [7, 11) is 1.62. The Kier molecular flexibility index (Phi) is 9.26. The summed E-state index contributed by atoms with van der Waals surface area (Å²) >= 11 is 0. The molecule has 0 bridgehead atoms. The first kappa shape index (κ1) is 19.3. The summed E-state index contributed by atoms with van der Waals surface area (Å²) in [6.07, 6.45) is 5.74. The van der Waals surface area contributed by atoms with Crippen LogP contribution in [-0.2, 0) is 4.79 Å². The third kappa shape index (κ3) is 5.66. The van der Waals surface area contributed by atoms with Crippen molar-refractivity contribution in [2.45, 2.75) is 53.4 Å². The molecule has 2 N–H and O–H groups in total. The number of allylic oxidation sites excluding steroid dienone is 2. The number of carbonyl (C=O) groups excluding carboxylic acids is 1. The van der Waals surface area contributed by atoms with E-state index in [0.717, 1.165) is 25.7 Å². The average Bonchev–Trinajstić information content (AvgIpc) is 2.51. The van der Waals surface area contributed by atoms with Gasteiger partial charge in [0.2, 0.25) is 0 Å². The highest BCUT2D eigenvalue weighted by molar-refractivity contribution is 6.05. The van der Waals surface area contributed by atoms with Crippen LogP contribution in [0.2, 0.25) is 0 Å². The third-order valence-electron chi connectivity index (χ3n) is 3.63. The lowest BCUT2D eigenvalue weighted by atomic mass is 9.92. The first-order valence-corrected chi connectivity index (χ1v) is 7.59. The zero-order valence-electron chi connectivity index (χ0n) is 14.1. The molecule has 0 aliphatic rings. The van der Waals surface area contributed by atoms with Crippen LogP contribution in [0.15, 0.2) is 32.9 Å². The third-order valence-corrected chi connectivity index (χ3v) is 3.63. The summed E-state index contributed by atoms with van der Waals surface area (Å²) in [6.45, 7) is 11.5. The molecule has 4 nitrogen and oxygen atoms in total. The smallest absolute Gasteiger partial charge is 0.167 e. The van der Waals surface area contributed by atoms with Gasteiger partial charge in [0, 0.05) is 24.1 Å². The second-order valence-corrected chi connectivity index (χ2v) is 5.17. The van der Waals surface area contributed by atoms with Crippen LogP contribution >= 0.6 is 0 Å². The van der Waals surface area contributed by atoms with Gasteiger partial charge >= 0.3 is 0 Å². The maximum atomic E-state index is 12.6. The van der Waals surface area contributed by atoms with Gasteiger partial charge in [-0.15, -0.1) is 0 Å². The van der Waals surface area contributed by atoms with Gasteiger partial charge in [0.15, 0.2) is 5.78 Å². The molecular weight excluding hydrogens is 262 g/mol. The SMILES string of the molecule is C=NC(=C(C)\C(N)=N/C)/C(=C\CCCC)C(=O)C(C)CC. The second-order valence-electron chi connectivity index (χ2n) is 5.17. The summed E-state index contributed by atoms with van der Waals surface area (Å²) < 4.78 is 0. The van der Waals surface area contributed by atoms with Gasteiger partial charge in [0.1, 0.15) is 5.84 Å². The van der Waals surface area contributed by atoms with Gasteiger partial charge in [0.25, 0.3) is 0 Å². The molecule has 1 atom stereocenters. The number of hydrogen-bond donors (Lipinski definition) is 1. The lowest BCUT2D eigenvalue weighted by molar-refractivity contribution is -0.118. The molecule has 0 aromatic heterocycles. The van der Waals surface area contributed by atoms with Gasteiger partial charge in [0.05, 0.1) is 5.70 Å². The van der Waals surface area contributed by atoms with Crippen molar-refractivity contribution < 1.29 is 4.79 Å². The fourth-order valence-corrected chi connectivity index (χ4v) is 1.91. The number of nitrogens with two attached hydrogens (primary N) is 1. The first-order valence-electron chi connectivity index (χ1n) is 7.59. The van der Waals surface area contributed by atoms with E-state index in [9.17, 15) is 4.79 Å². The molecule has 0 fully saturated rings. The highest BCUT2D eigenvalue weighted by atomic mass is 16.1. The van der Waals surface area contributed by atoms with Crippen molar-refractivity contribution in [1.29, 1.82) is 0 Å². The lowest BCUT2D eigenvalue weighted by Gasteiger charge is -2.14. The number of carbonyl (C=O) groups is 1. The molecule has 4 heteroatoms. The Morgan fingerprint density at radius 1 is 1.38 bits per heavy atom. The van der Waals surface area contributed by atoms with E-state index in [4.69, 9.17) is 5.73 Å². The van der Waals surface area contributed by atoms with Crippen molar-refractivity contribution in [2.24, 2.45) is 21.6 Å². The van der Waals surface area contributed by atoms with E-state index in [0.29, 0.717) is 22.7 Å². The Balaban J connectivity index is 5.81. The predicted molar refractivity (Wildman–Crippen MR) is 91.9 cm³/mol. The second kappa shape index (κ2) is 10.1. The van der Waals surface area contributed by atoms with E-state index in [1.807, 2.05) is 26.8 Å². The van der Waals surface area contributed by atoms with Gasteiger partial charge in [-0.1, -0.05) is 39.7 Å². The zero-order valence-corrected chi connectivity index (χ0v) is 14.1. The van der Waals surface area contributed by atoms with Gasteiger partial charge < -0.3 is 5.73 Å². The number of hydrogen-bond acceptors (Lipinski definition) is 3. The van der Waals surface area contributed by atoms with Crippen LogP contribution in [0.5, 0.6) is 0 Å². The highest BCUT2D eigenvalue weighted by Gasteiger charge is 2.21. The molecule has 1 unspecified atom stereocenters. The van der Waals surface area contributed by atoms with Gasteiger partial charge in [-0.25, -0.2) is 0 Å². The quantitative estimate of drug-likeness (QED) is 0.231. The Hall–Kier alpha value is -1.71. The minimum absolute atomic E-state index is 0.0396. The van der Waals surface area contributed by atoms with E-state index < -0.39 is 0 Å². The molecule has 0 amide bonds. The minimum atomic E-state index is -0.0396. The monoisotopic (exact) mass is 291 g/mol. The normalized spacial score (nSPS) is 15.5. The Morgan fingerprint density at radius 2 is 2.00 bits per heavy atom. The predicted octanol–water partition coefficient (Wildman–Crippen LogP) is 3.68. The summed E-state index contributed by atoms with van der Waals surface area (Å²) in [6, 6.07) is 0. The molecule has 0 aromatic carbocycles. The standard InChI is InChI=1S/C17H29N3O/c1-7-9-10-11-14(16(21)12(3)8-2)15(19-5)13(4)17(18)20-6/h11-12H,5,7-10H2,1-4,6H3,(H2,18,20)/b14-11+,15-13-. The average molecular weight is 291 g/mol. The fourth-order valence-electron chi connectivity index (χ4n) is 1.91. The van der Waals surface area contributed by atoms with Crippen LogP contribution in [0.25, 0.3) is 0 Å².